The maximum Gasteiger partial charge on any atom is 0.254 e. The van der Waals surface area contributed by atoms with Gasteiger partial charge in [0.15, 0.2) is 0 Å². The Morgan fingerprint density at radius 2 is 1.81 bits per heavy atom. The first-order valence-electron chi connectivity index (χ1n) is 9.75. The largest absolute Gasteiger partial charge is 0.496 e. The van der Waals surface area contributed by atoms with Gasteiger partial charge in [-0.05, 0) is 30.9 Å². The predicted octanol–water partition coefficient (Wildman–Crippen LogP) is 3.59. The Morgan fingerprint density at radius 3 is 2.52 bits per heavy atom. The van der Waals surface area contributed by atoms with Gasteiger partial charge in [0.2, 0.25) is 5.95 Å². The van der Waals surface area contributed by atoms with Crippen molar-refractivity contribution in [1.82, 2.24) is 15.3 Å². The second-order valence-corrected chi connectivity index (χ2v) is 6.95. The summed E-state index contributed by atoms with van der Waals surface area (Å²) in [7, 11) is 1.67. The number of hydrogen-bond donors (Lipinski definition) is 2. The minimum atomic E-state index is -0.0810. The van der Waals surface area contributed by atoms with Crippen LogP contribution in [-0.4, -0.2) is 35.6 Å². The van der Waals surface area contributed by atoms with Gasteiger partial charge in [-0.3, -0.25) is 4.79 Å². The first kappa shape index (κ1) is 19.1. The van der Waals surface area contributed by atoms with E-state index in [2.05, 4.69) is 20.6 Å². The quantitative estimate of drug-likeness (QED) is 0.731. The highest BCUT2D eigenvalue weighted by Crippen LogP contribution is 2.18. The smallest absolute Gasteiger partial charge is 0.254 e. The summed E-state index contributed by atoms with van der Waals surface area (Å²) in [5.74, 6) is 1.32. The first-order chi connectivity index (χ1) is 13.3. The Labute approximate surface area is 160 Å². The summed E-state index contributed by atoms with van der Waals surface area (Å²) < 4.78 is 5.36. The van der Waals surface area contributed by atoms with Crippen LogP contribution < -0.4 is 15.4 Å². The number of carbonyl (C=O) groups is 1. The summed E-state index contributed by atoms with van der Waals surface area (Å²) in [5, 5.41) is 6.31. The fourth-order valence-electron chi connectivity index (χ4n) is 3.45. The van der Waals surface area contributed by atoms with Gasteiger partial charge in [0.1, 0.15) is 5.75 Å². The van der Waals surface area contributed by atoms with Crippen LogP contribution in [0.15, 0.2) is 36.7 Å². The lowest BCUT2D eigenvalue weighted by molar-refractivity contribution is 0.0932. The molecule has 0 unspecified atom stereocenters. The van der Waals surface area contributed by atoms with Crippen LogP contribution in [0.25, 0.3) is 0 Å². The van der Waals surface area contributed by atoms with Crippen molar-refractivity contribution in [2.24, 2.45) is 0 Å². The number of ether oxygens (including phenoxy) is 1. The Balaban J connectivity index is 1.48. The Kier molecular flexibility index (Phi) is 7.02. The summed E-state index contributed by atoms with van der Waals surface area (Å²) in [4.78, 5) is 20.9. The highest BCUT2D eigenvalue weighted by atomic mass is 16.5. The Morgan fingerprint density at radius 1 is 1.11 bits per heavy atom. The summed E-state index contributed by atoms with van der Waals surface area (Å²) in [5.41, 5.74) is 1.64. The molecule has 1 aliphatic rings. The fraction of sp³-hybridized carbons (Fsp3) is 0.476. The molecule has 1 saturated carbocycles. The number of amides is 1. The zero-order chi connectivity index (χ0) is 18.9. The zero-order valence-electron chi connectivity index (χ0n) is 15.9. The molecule has 1 amide bonds. The van der Waals surface area contributed by atoms with Crippen LogP contribution in [0.3, 0.4) is 0 Å². The second kappa shape index (κ2) is 9.90. The van der Waals surface area contributed by atoms with E-state index >= 15 is 0 Å². The normalized spacial score (nSPS) is 15.0. The number of para-hydroxylation sites is 1. The molecule has 2 N–H and O–H groups in total. The molecule has 0 saturated heterocycles. The molecule has 1 fully saturated rings. The Hall–Kier alpha value is -2.63. The number of methoxy groups -OCH3 is 1. The lowest BCUT2D eigenvalue weighted by atomic mass is 10.1. The van der Waals surface area contributed by atoms with Crippen LogP contribution in [0.4, 0.5) is 5.95 Å². The summed E-state index contributed by atoms with van der Waals surface area (Å²) >= 11 is 0. The average Bonchev–Trinajstić information content (AvgIpc) is 2.97. The van der Waals surface area contributed by atoms with Crippen molar-refractivity contribution in [3.05, 3.63) is 47.8 Å². The molecule has 0 spiro atoms. The van der Waals surface area contributed by atoms with Crippen molar-refractivity contribution >= 4 is 11.9 Å². The van der Waals surface area contributed by atoms with E-state index in [-0.39, 0.29) is 11.9 Å². The summed E-state index contributed by atoms with van der Waals surface area (Å²) in [6.07, 6.45) is 11.0. The van der Waals surface area contributed by atoms with Gasteiger partial charge in [-0.25, -0.2) is 9.97 Å². The van der Waals surface area contributed by atoms with Gasteiger partial charge in [-0.1, -0.05) is 43.9 Å². The van der Waals surface area contributed by atoms with E-state index < -0.39 is 0 Å². The third-order valence-corrected chi connectivity index (χ3v) is 4.97. The van der Waals surface area contributed by atoms with E-state index in [4.69, 9.17) is 4.74 Å². The molecule has 1 aromatic heterocycles. The molecule has 144 valence electrons. The van der Waals surface area contributed by atoms with Crippen molar-refractivity contribution in [2.45, 2.75) is 51.0 Å². The van der Waals surface area contributed by atoms with E-state index in [9.17, 15) is 4.79 Å². The first-order valence-corrected chi connectivity index (χ1v) is 9.75. The molecule has 2 aromatic rings. The third kappa shape index (κ3) is 5.67. The van der Waals surface area contributed by atoms with E-state index in [0.29, 0.717) is 18.1 Å². The monoisotopic (exact) mass is 368 g/mol. The van der Waals surface area contributed by atoms with Gasteiger partial charge in [-0.15, -0.1) is 0 Å². The molecule has 1 heterocycles. The van der Waals surface area contributed by atoms with Crippen LogP contribution in [-0.2, 0) is 6.42 Å². The van der Waals surface area contributed by atoms with Gasteiger partial charge in [0.25, 0.3) is 5.91 Å². The SMILES string of the molecule is COc1ccccc1CCNc1ncc(C(=O)NC2CCCCCC2)cn1. The predicted molar refractivity (Wildman–Crippen MR) is 106 cm³/mol. The maximum atomic E-state index is 12.4. The number of rotatable bonds is 7. The molecule has 27 heavy (non-hydrogen) atoms. The summed E-state index contributed by atoms with van der Waals surface area (Å²) in [6.45, 7) is 0.688. The van der Waals surface area contributed by atoms with Crippen LogP contribution in [0.1, 0.15) is 54.4 Å². The second-order valence-electron chi connectivity index (χ2n) is 6.95. The van der Waals surface area contributed by atoms with E-state index in [0.717, 1.165) is 30.6 Å². The Bertz CT molecular complexity index is 725. The molecule has 1 aromatic carbocycles. The number of aromatic nitrogens is 2. The molecular weight excluding hydrogens is 340 g/mol. The topological polar surface area (TPSA) is 76.1 Å². The molecule has 1 aliphatic carbocycles. The van der Waals surface area contributed by atoms with Crippen LogP contribution in [0.5, 0.6) is 5.75 Å². The van der Waals surface area contributed by atoms with E-state index in [1.54, 1.807) is 19.5 Å². The standard InChI is InChI=1S/C21H28N4O2/c1-27-19-11-7-6-8-16(19)12-13-22-21-23-14-17(15-24-21)20(26)25-18-9-4-2-3-5-10-18/h6-8,11,14-15,18H,2-5,9-10,12-13H2,1H3,(H,25,26)(H,22,23,24). The van der Waals surface area contributed by atoms with Crippen LogP contribution in [0, 0.1) is 0 Å². The van der Waals surface area contributed by atoms with Crippen molar-refractivity contribution in [1.29, 1.82) is 0 Å². The molecule has 0 aliphatic heterocycles. The number of hydrogen-bond acceptors (Lipinski definition) is 5. The highest BCUT2D eigenvalue weighted by Gasteiger charge is 2.16. The molecule has 0 atom stereocenters. The lowest BCUT2D eigenvalue weighted by Gasteiger charge is -2.16. The molecule has 6 heteroatoms. The average molecular weight is 368 g/mol. The van der Waals surface area contributed by atoms with Crippen molar-refractivity contribution < 1.29 is 9.53 Å². The van der Waals surface area contributed by atoms with Crippen LogP contribution >= 0.6 is 0 Å². The highest BCUT2D eigenvalue weighted by molar-refractivity contribution is 5.93. The number of anilines is 1. The van der Waals surface area contributed by atoms with Crippen molar-refractivity contribution in [3.63, 3.8) is 0 Å². The van der Waals surface area contributed by atoms with Gasteiger partial charge in [0.05, 0.1) is 12.7 Å². The molecular formula is C21H28N4O2. The van der Waals surface area contributed by atoms with Gasteiger partial charge < -0.3 is 15.4 Å². The number of nitrogens with one attached hydrogen (secondary N) is 2. The van der Waals surface area contributed by atoms with E-state index in [1.165, 1.54) is 25.7 Å². The number of nitrogens with zero attached hydrogens (tertiary/aromatic N) is 2. The third-order valence-electron chi connectivity index (χ3n) is 4.97. The van der Waals surface area contributed by atoms with Gasteiger partial charge in [-0.2, -0.15) is 0 Å². The minimum Gasteiger partial charge on any atom is -0.496 e. The zero-order valence-corrected chi connectivity index (χ0v) is 15.9. The van der Waals surface area contributed by atoms with Crippen molar-refractivity contribution in [2.75, 3.05) is 19.0 Å². The number of benzene rings is 1. The van der Waals surface area contributed by atoms with E-state index in [1.807, 2.05) is 24.3 Å². The van der Waals surface area contributed by atoms with Crippen molar-refractivity contribution in [3.8, 4) is 5.75 Å². The lowest BCUT2D eigenvalue weighted by Crippen LogP contribution is -2.34. The molecule has 0 radical (unpaired) electrons. The number of carbonyl (C=O) groups excluding carboxylic acids is 1. The van der Waals surface area contributed by atoms with Gasteiger partial charge in [0, 0.05) is 25.0 Å². The van der Waals surface area contributed by atoms with Crippen LogP contribution in [0.2, 0.25) is 0 Å². The van der Waals surface area contributed by atoms with Gasteiger partial charge >= 0.3 is 0 Å². The minimum absolute atomic E-state index is 0.0810. The molecule has 6 nitrogen and oxygen atoms in total. The summed E-state index contributed by atoms with van der Waals surface area (Å²) in [6, 6.07) is 8.22. The maximum absolute atomic E-state index is 12.4. The molecule has 3 rings (SSSR count). The fourth-order valence-corrected chi connectivity index (χ4v) is 3.45. The molecule has 0 bridgehead atoms.